The summed E-state index contributed by atoms with van der Waals surface area (Å²) < 4.78 is 5.60. The van der Waals surface area contributed by atoms with E-state index >= 15 is 0 Å². The Labute approximate surface area is 120 Å². The van der Waals surface area contributed by atoms with Crippen LogP contribution in [0.15, 0.2) is 24.3 Å². The minimum atomic E-state index is -0.152. The predicted octanol–water partition coefficient (Wildman–Crippen LogP) is 2.70. The molecule has 20 heavy (non-hydrogen) atoms. The number of carbonyl (C=O) groups excluding carboxylic acids is 1. The topological polar surface area (TPSA) is 53.3 Å². The van der Waals surface area contributed by atoms with Crippen LogP contribution in [0.3, 0.4) is 0 Å². The number of amides is 1. The summed E-state index contributed by atoms with van der Waals surface area (Å²) in [7, 11) is 0. The lowest BCUT2D eigenvalue weighted by Gasteiger charge is -2.32. The van der Waals surface area contributed by atoms with Gasteiger partial charge in [0, 0.05) is 18.2 Å². The van der Waals surface area contributed by atoms with E-state index in [1.807, 2.05) is 38.1 Å². The van der Waals surface area contributed by atoms with Gasteiger partial charge in [-0.3, -0.25) is 4.79 Å². The van der Waals surface area contributed by atoms with Gasteiger partial charge in [0.15, 0.2) is 0 Å². The summed E-state index contributed by atoms with van der Waals surface area (Å²) in [5.41, 5.74) is 0.964. The summed E-state index contributed by atoms with van der Waals surface area (Å²) >= 11 is 0. The van der Waals surface area contributed by atoms with Crippen molar-refractivity contribution in [2.24, 2.45) is 0 Å². The molecule has 106 valence electrons. The third kappa shape index (κ3) is 2.93. The van der Waals surface area contributed by atoms with Crippen LogP contribution in [0.25, 0.3) is 0 Å². The van der Waals surface area contributed by atoms with Crippen LogP contribution in [0, 0.1) is 11.3 Å². The Morgan fingerprint density at radius 3 is 2.95 bits per heavy atom. The maximum atomic E-state index is 12.8. The zero-order chi connectivity index (χ0) is 14.5. The summed E-state index contributed by atoms with van der Waals surface area (Å²) in [4.78, 5) is 14.6. The van der Waals surface area contributed by atoms with E-state index in [1.54, 1.807) is 4.90 Å². The maximum Gasteiger partial charge on any atom is 0.230 e. The van der Waals surface area contributed by atoms with Gasteiger partial charge in [0.2, 0.25) is 5.91 Å². The summed E-state index contributed by atoms with van der Waals surface area (Å²) in [6.45, 7) is 5.03. The van der Waals surface area contributed by atoms with Crippen molar-refractivity contribution in [3.63, 3.8) is 0 Å². The van der Waals surface area contributed by atoms with Crippen molar-refractivity contribution in [2.75, 3.05) is 13.2 Å². The Balaban J connectivity index is 2.22. The molecule has 0 aliphatic carbocycles. The van der Waals surface area contributed by atoms with Gasteiger partial charge in [-0.1, -0.05) is 18.2 Å². The molecule has 2 rings (SSSR count). The molecule has 0 N–H and O–H groups in total. The number of para-hydroxylation sites is 1. The zero-order valence-electron chi connectivity index (χ0n) is 12.0. The molecular weight excluding hydrogens is 252 g/mol. The van der Waals surface area contributed by atoms with Crippen molar-refractivity contribution in [2.45, 2.75) is 38.6 Å². The van der Waals surface area contributed by atoms with E-state index in [-0.39, 0.29) is 17.9 Å². The van der Waals surface area contributed by atoms with Crippen molar-refractivity contribution < 1.29 is 9.53 Å². The highest BCUT2D eigenvalue weighted by Crippen LogP contribution is 2.34. The minimum Gasteiger partial charge on any atom is -0.493 e. The molecule has 0 fully saturated rings. The molecule has 1 aliphatic rings. The maximum absolute atomic E-state index is 12.8. The number of nitrogens with zero attached hydrogens (tertiary/aromatic N) is 2. The second kappa shape index (κ2) is 6.42. The van der Waals surface area contributed by atoms with Gasteiger partial charge in [-0.25, -0.2) is 0 Å². The van der Waals surface area contributed by atoms with E-state index < -0.39 is 0 Å². The number of ether oxygens (including phenoxy) is 1. The molecule has 4 heteroatoms. The van der Waals surface area contributed by atoms with E-state index in [1.165, 1.54) is 0 Å². The van der Waals surface area contributed by atoms with Crippen molar-refractivity contribution in [1.82, 2.24) is 4.90 Å². The number of hydrogen-bond donors (Lipinski definition) is 0. The molecular formula is C16H20N2O2. The van der Waals surface area contributed by atoms with Gasteiger partial charge < -0.3 is 9.64 Å². The summed E-state index contributed by atoms with van der Waals surface area (Å²) in [5.74, 6) is 0.758. The van der Waals surface area contributed by atoms with Crippen LogP contribution >= 0.6 is 0 Å². The van der Waals surface area contributed by atoms with Gasteiger partial charge in [0.25, 0.3) is 0 Å². The SMILES string of the molecule is CC(C)N(CCC#N)C(=O)C1CCOc2ccccc21. The Morgan fingerprint density at radius 1 is 1.50 bits per heavy atom. The van der Waals surface area contributed by atoms with E-state index in [0.717, 1.165) is 11.3 Å². The average Bonchev–Trinajstić information content (AvgIpc) is 2.46. The first-order valence-corrected chi connectivity index (χ1v) is 7.04. The van der Waals surface area contributed by atoms with Gasteiger partial charge in [-0.05, 0) is 26.3 Å². The summed E-state index contributed by atoms with van der Waals surface area (Å²) in [5, 5.41) is 8.74. The lowest BCUT2D eigenvalue weighted by atomic mass is 9.91. The Hall–Kier alpha value is -2.02. The fraction of sp³-hybridized carbons (Fsp3) is 0.500. The molecule has 0 bridgehead atoms. The Morgan fingerprint density at radius 2 is 2.25 bits per heavy atom. The minimum absolute atomic E-state index is 0.103. The van der Waals surface area contributed by atoms with Crippen molar-refractivity contribution >= 4 is 5.91 Å². The first kappa shape index (κ1) is 14.4. The molecule has 1 amide bonds. The van der Waals surface area contributed by atoms with Crippen LogP contribution in [0.4, 0.5) is 0 Å². The van der Waals surface area contributed by atoms with E-state index in [9.17, 15) is 4.79 Å². The number of rotatable bonds is 4. The molecule has 1 unspecified atom stereocenters. The molecule has 0 saturated heterocycles. The van der Waals surface area contributed by atoms with Crippen LogP contribution < -0.4 is 4.74 Å². The highest BCUT2D eigenvalue weighted by Gasteiger charge is 2.31. The van der Waals surface area contributed by atoms with E-state index in [4.69, 9.17) is 10.00 Å². The van der Waals surface area contributed by atoms with Crippen LogP contribution in [0.2, 0.25) is 0 Å². The van der Waals surface area contributed by atoms with Crippen LogP contribution in [0.1, 0.15) is 38.2 Å². The third-order valence-corrected chi connectivity index (χ3v) is 3.63. The number of nitriles is 1. The molecule has 0 spiro atoms. The molecule has 1 aromatic rings. The van der Waals surface area contributed by atoms with E-state index in [2.05, 4.69) is 6.07 Å². The lowest BCUT2D eigenvalue weighted by molar-refractivity contribution is -0.135. The standard InChI is InChI=1S/C16H20N2O2/c1-12(2)18(10-5-9-17)16(19)14-8-11-20-15-7-4-3-6-13(14)15/h3-4,6-7,12,14H,5,8,10-11H2,1-2H3. The molecule has 1 atom stereocenters. The molecule has 4 nitrogen and oxygen atoms in total. The van der Waals surface area contributed by atoms with Crippen LogP contribution in [0.5, 0.6) is 5.75 Å². The van der Waals surface area contributed by atoms with Gasteiger partial charge in [0.05, 0.1) is 25.0 Å². The number of benzene rings is 1. The number of hydrogen-bond acceptors (Lipinski definition) is 3. The first-order chi connectivity index (χ1) is 9.65. The number of fused-ring (bicyclic) bond motifs is 1. The highest BCUT2D eigenvalue weighted by molar-refractivity contribution is 5.85. The van der Waals surface area contributed by atoms with Gasteiger partial charge in [-0.15, -0.1) is 0 Å². The van der Waals surface area contributed by atoms with Gasteiger partial charge in [0.1, 0.15) is 5.75 Å². The molecule has 0 aromatic heterocycles. The lowest BCUT2D eigenvalue weighted by Crippen LogP contribution is -2.41. The highest BCUT2D eigenvalue weighted by atomic mass is 16.5. The van der Waals surface area contributed by atoms with Gasteiger partial charge in [-0.2, -0.15) is 5.26 Å². The second-order valence-corrected chi connectivity index (χ2v) is 5.26. The Kier molecular flexibility index (Phi) is 4.62. The summed E-state index contributed by atoms with van der Waals surface area (Å²) in [6.07, 6.45) is 1.07. The quantitative estimate of drug-likeness (QED) is 0.846. The normalized spacial score (nSPS) is 17.0. The van der Waals surface area contributed by atoms with E-state index in [0.29, 0.717) is 26.0 Å². The third-order valence-electron chi connectivity index (χ3n) is 3.63. The average molecular weight is 272 g/mol. The molecule has 1 heterocycles. The van der Waals surface area contributed by atoms with Crippen molar-refractivity contribution in [1.29, 1.82) is 5.26 Å². The second-order valence-electron chi connectivity index (χ2n) is 5.26. The Bertz CT molecular complexity index is 519. The first-order valence-electron chi connectivity index (χ1n) is 7.04. The van der Waals surface area contributed by atoms with Crippen molar-refractivity contribution in [3.05, 3.63) is 29.8 Å². The fourth-order valence-electron chi connectivity index (χ4n) is 2.59. The van der Waals surface area contributed by atoms with Crippen LogP contribution in [-0.4, -0.2) is 30.0 Å². The van der Waals surface area contributed by atoms with Crippen LogP contribution in [-0.2, 0) is 4.79 Å². The monoisotopic (exact) mass is 272 g/mol. The fourth-order valence-corrected chi connectivity index (χ4v) is 2.59. The predicted molar refractivity (Wildman–Crippen MR) is 76.4 cm³/mol. The molecule has 0 saturated carbocycles. The largest absolute Gasteiger partial charge is 0.493 e. The van der Waals surface area contributed by atoms with Crippen molar-refractivity contribution in [3.8, 4) is 11.8 Å². The smallest absolute Gasteiger partial charge is 0.230 e. The van der Waals surface area contributed by atoms with Gasteiger partial charge >= 0.3 is 0 Å². The number of carbonyl (C=O) groups is 1. The zero-order valence-corrected chi connectivity index (χ0v) is 12.0. The molecule has 1 aliphatic heterocycles. The summed E-state index contributed by atoms with van der Waals surface area (Å²) in [6, 6.07) is 9.93. The molecule has 0 radical (unpaired) electrons. The molecule has 1 aromatic carbocycles.